The molecule has 0 heterocycles. The van der Waals surface area contributed by atoms with Crippen LogP contribution >= 0.6 is 22.6 Å². The molecular formula is C9H10INaO4. The molecule has 0 unspecified atom stereocenters. The van der Waals surface area contributed by atoms with Crippen molar-refractivity contribution in [1.29, 1.82) is 0 Å². The summed E-state index contributed by atoms with van der Waals surface area (Å²) in [5.41, 5.74) is 0.211. The molecule has 0 saturated carbocycles. The summed E-state index contributed by atoms with van der Waals surface area (Å²) in [5, 5.41) is 8.85. The second kappa shape index (κ2) is 6.57. The summed E-state index contributed by atoms with van der Waals surface area (Å²) in [5.74, 6) is 0.00486. The minimum absolute atomic E-state index is 0. The van der Waals surface area contributed by atoms with Gasteiger partial charge in [-0.3, -0.25) is 0 Å². The van der Waals surface area contributed by atoms with Gasteiger partial charge in [-0.25, -0.2) is 4.79 Å². The predicted molar refractivity (Wildman–Crippen MR) is 60.3 cm³/mol. The number of hydrogen-bond acceptors (Lipinski definition) is 3. The number of carbonyl (C=O) groups is 1. The molecule has 0 aliphatic heterocycles. The normalized spacial score (nSPS) is 9.00. The summed E-state index contributed by atoms with van der Waals surface area (Å²) in [4.78, 5) is 10.8. The van der Waals surface area contributed by atoms with E-state index in [1.807, 2.05) is 22.6 Å². The third-order valence-electron chi connectivity index (χ3n) is 1.72. The van der Waals surface area contributed by atoms with Crippen LogP contribution in [-0.2, 0) is 0 Å². The largest absolute Gasteiger partial charge is 1.00 e. The van der Waals surface area contributed by atoms with Crippen LogP contribution < -0.4 is 39.0 Å². The fourth-order valence-electron chi connectivity index (χ4n) is 1.05. The first-order valence-electron chi connectivity index (χ1n) is 3.75. The smallest absolute Gasteiger partial charge is 1.00 e. The van der Waals surface area contributed by atoms with Crippen LogP contribution in [0.1, 0.15) is 11.8 Å². The van der Waals surface area contributed by atoms with Gasteiger partial charge >= 0.3 is 35.5 Å². The maximum atomic E-state index is 10.8. The molecule has 0 saturated heterocycles. The second-order valence-electron chi connectivity index (χ2n) is 2.47. The van der Waals surface area contributed by atoms with Crippen molar-refractivity contribution in [2.75, 3.05) is 14.2 Å². The molecule has 0 radical (unpaired) electrons. The number of methoxy groups -OCH3 is 2. The molecular weight excluding hydrogens is 322 g/mol. The van der Waals surface area contributed by atoms with E-state index in [0.717, 1.165) is 0 Å². The first-order chi connectivity index (χ1) is 6.61. The van der Waals surface area contributed by atoms with Crippen molar-refractivity contribution in [1.82, 2.24) is 0 Å². The Bertz CT molecular complexity index is 373. The molecule has 0 aliphatic rings. The molecule has 1 aromatic carbocycles. The standard InChI is InChI=1S/C9H9IO4.Na.H/c1-13-6-4-3-5(9(11)12)7(10)8(6)14-2;;/h3-4H,1-2H3,(H,11,12);;/q;+1;-1. The molecule has 0 fully saturated rings. The van der Waals surface area contributed by atoms with Gasteiger partial charge in [0.1, 0.15) is 0 Å². The first kappa shape index (κ1) is 15.0. The van der Waals surface area contributed by atoms with Crippen molar-refractivity contribution < 1.29 is 50.4 Å². The number of hydrogen-bond donors (Lipinski definition) is 1. The number of rotatable bonds is 3. The average Bonchev–Trinajstić information content (AvgIpc) is 2.16. The molecule has 0 bridgehead atoms. The van der Waals surface area contributed by atoms with Crippen molar-refractivity contribution in [3.8, 4) is 11.5 Å². The zero-order valence-electron chi connectivity index (χ0n) is 9.70. The Labute approximate surface area is 125 Å². The Morgan fingerprint density at radius 2 is 2.00 bits per heavy atom. The Morgan fingerprint density at radius 1 is 1.40 bits per heavy atom. The molecule has 0 spiro atoms. The SMILES string of the molecule is COc1ccc(C(=O)O)c(I)c1OC.[H-].[Na+]. The number of carboxylic acid groups (broad SMARTS) is 1. The van der Waals surface area contributed by atoms with Crippen LogP contribution in [0.3, 0.4) is 0 Å². The molecule has 15 heavy (non-hydrogen) atoms. The van der Waals surface area contributed by atoms with E-state index in [4.69, 9.17) is 14.6 Å². The molecule has 1 N–H and O–H groups in total. The number of carboxylic acids is 1. The van der Waals surface area contributed by atoms with Gasteiger partial charge in [0.25, 0.3) is 0 Å². The van der Waals surface area contributed by atoms with Crippen molar-refractivity contribution in [3.05, 3.63) is 21.3 Å². The Kier molecular flexibility index (Phi) is 6.58. The summed E-state index contributed by atoms with van der Waals surface area (Å²) >= 11 is 1.92. The maximum absolute atomic E-state index is 10.8. The molecule has 78 valence electrons. The number of ether oxygens (including phenoxy) is 2. The van der Waals surface area contributed by atoms with Crippen LogP contribution in [0.15, 0.2) is 12.1 Å². The van der Waals surface area contributed by atoms with Gasteiger partial charge in [0.2, 0.25) is 0 Å². The van der Waals surface area contributed by atoms with Crippen LogP contribution in [0.5, 0.6) is 11.5 Å². The van der Waals surface area contributed by atoms with E-state index in [0.29, 0.717) is 15.1 Å². The van der Waals surface area contributed by atoms with E-state index in [9.17, 15) is 4.79 Å². The van der Waals surface area contributed by atoms with Crippen LogP contribution in [0.2, 0.25) is 0 Å². The quantitative estimate of drug-likeness (QED) is 0.577. The van der Waals surface area contributed by atoms with Crippen LogP contribution in [0.25, 0.3) is 0 Å². The van der Waals surface area contributed by atoms with E-state index in [-0.39, 0.29) is 36.5 Å². The monoisotopic (exact) mass is 332 g/mol. The van der Waals surface area contributed by atoms with E-state index in [2.05, 4.69) is 0 Å². The Balaban J connectivity index is 0. The van der Waals surface area contributed by atoms with Crippen LogP contribution in [-0.4, -0.2) is 25.3 Å². The van der Waals surface area contributed by atoms with Gasteiger partial charge in [0.05, 0.1) is 23.4 Å². The van der Waals surface area contributed by atoms with E-state index in [1.165, 1.54) is 20.3 Å². The molecule has 1 aromatic rings. The minimum Gasteiger partial charge on any atom is -1.00 e. The molecule has 0 aliphatic carbocycles. The summed E-state index contributed by atoms with van der Waals surface area (Å²) in [6, 6.07) is 3.07. The second-order valence-corrected chi connectivity index (χ2v) is 3.55. The van der Waals surface area contributed by atoms with Crippen molar-refractivity contribution in [2.45, 2.75) is 0 Å². The minimum atomic E-state index is -0.977. The molecule has 6 heteroatoms. The van der Waals surface area contributed by atoms with Gasteiger partial charge in [-0.15, -0.1) is 0 Å². The maximum Gasteiger partial charge on any atom is 1.00 e. The van der Waals surface area contributed by atoms with Gasteiger partial charge in [-0.2, -0.15) is 0 Å². The van der Waals surface area contributed by atoms with Gasteiger partial charge < -0.3 is 16.0 Å². The summed E-state index contributed by atoms with van der Waals surface area (Å²) in [7, 11) is 2.99. The third kappa shape index (κ3) is 3.24. The van der Waals surface area contributed by atoms with Gasteiger partial charge in [-0.05, 0) is 34.7 Å². The van der Waals surface area contributed by atoms with E-state index < -0.39 is 5.97 Å². The van der Waals surface area contributed by atoms with Gasteiger partial charge in [0, 0.05) is 0 Å². The zero-order chi connectivity index (χ0) is 10.7. The van der Waals surface area contributed by atoms with Crippen molar-refractivity contribution in [3.63, 3.8) is 0 Å². The van der Waals surface area contributed by atoms with E-state index in [1.54, 1.807) is 6.07 Å². The third-order valence-corrected chi connectivity index (χ3v) is 2.79. The van der Waals surface area contributed by atoms with E-state index >= 15 is 0 Å². The van der Waals surface area contributed by atoms with Crippen LogP contribution in [0.4, 0.5) is 0 Å². The number of aromatic carboxylic acids is 1. The first-order valence-corrected chi connectivity index (χ1v) is 4.83. The Hall–Kier alpha value is 0.0200. The molecule has 4 nitrogen and oxygen atoms in total. The van der Waals surface area contributed by atoms with Crippen molar-refractivity contribution >= 4 is 28.6 Å². The number of halogens is 1. The summed E-state index contributed by atoms with van der Waals surface area (Å²) in [6.45, 7) is 0. The van der Waals surface area contributed by atoms with Crippen molar-refractivity contribution in [2.24, 2.45) is 0 Å². The molecule has 0 aromatic heterocycles. The van der Waals surface area contributed by atoms with Gasteiger partial charge in [0.15, 0.2) is 11.5 Å². The molecule has 0 amide bonds. The fraction of sp³-hybridized carbons (Fsp3) is 0.222. The molecule has 1 rings (SSSR count). The summed E-state index contributed by atoms with van der Waals surface area (Å²) in [6.07, 6.45) is 0. The summed E-state index contributed by atoms with van der Waals surface area (Å²) < 4.78 is 10.6. The zero-order valence-corrected chi connectivity index (χ0v) is 12.9. The molecule has 0 atom stereocenters. The average molecular weight is 332 g/mol. The predicted octanol–water partition coefficient (Wildman–Crippen LogP) is -0.877. The fourth-order valence-corrected chi connectivity index (χ4v) is 1.95. The van der Waals surface area contributed by atoms with Gasteiger partial charge in [-0.1, -0.05) is 0 Å². The van der Waals surface area contributed by atoms with Crippen LogP contribution in [0, 0.1) is 3.57 Å². The Morgan fingerprint density at radius 3 is 2.40 bits per heavy atom. The topological polar surface area (TPSA) is 55.8 Å². The number of benzene rings is 1.